The minimum Gasteiger partial charge on any atom is -0.493 e. The Hall–Kier alpha value is -1.29. The first-order valence-electron chi connectivity index (χ1n) is 7.85. The van der Waals surface area contributed by atoms with Crippen molar-refractivity contribution in [3.8, 4) is 11.5 Å². The van der Waals surface area contributed by atoms with Crippen LogP contribution in [0.25, 0.3) is 0 Å². The van der Waals surface area contributed by atoms with E-state index >= 15 is 0 Å². The second kappa shape index (κ2) is 7.64. The summed E-state index contributed by atoms with van der Waals surface area (Å²) in [5.41, 5.74) is 0.972. The van der Waals surface area contributed by atoms with Crippen molar-refractivity contribution in [2.75, 3.05) is 26.7 Å². The van der Waals surface area contributed by atoms with Crippen LogP contribution in [0.2, 0.25) is 0 Å². The van der Waals surface area contributed by atoms with Crippen molar-refractivity contribution in [3.63, 3.8) is 0 Å². The molecule has 1 fully saturated rings. The van der Waals surface area contributed by atoms with Crippen LogP contribution in [0.3, 0.4) is 0 Å². The molecule has 0 saturated carbocycles. The first-order valence-corrected chi connectivity index (χ1v) is 7.85. The molecule has 1 saturated heterocycles. The lowest BCUT2D eigenvalue weighted by Gasteiger charge is -2.17. The first-order chi connectivity index (χ1) is 10.1. The minimum absolute atomic E-state index is 0.0746. The average molecular weight is 295 g/mol. The fraction of sp³-hybridized carbons (Fsp3) is 0.647. The highest BCUT2D eigenvalue weighted by atomic mass is 19.1. The van der Waals surface area contributed by atoms with Gasteiger partial charge in [0, 0.05) is 0 Å². The first kappa shape index (κ1) is 16.1. The summed E-state index contributed by atoms with van der Waals surface area (Å²) in [6.45, 7) is 7.26. The van der Waals surface area contributed by atoms with Gasteiger partial charge in [-0.25, -0.2) is 4.39 Å². The SMILES string of the molecule is COc1cc(CCCN2CCCC2)cc(F)c1OC(C)C. The van der Waals surface area contributed by atoms with Crippen LogP contribution in [0.4, 0.5) is 4.39 Å². The molecule has 1 heterocycles. The fourth-order valence-electron chi connectivity index (χ4n) is 2.78. The summed E-state index contributed by atoms with van der Waals surface area (Å²) in [6, 6.07) is 3.47. The number of ether oxygens (including phenoxy) is 2. The molecule has 0 bridgehead atoms. The van der Waals surface area contributed by atoms with Gasteiger partial charge in [0.05, 0.1) is 13.2 Å². The standard InChI is InChI=1S/C17H26FNO2/c1-13(2)21-17-15(18)11-14(12-16(17)20-3)7-6-10-19-8-4-5-9-19/h11-13H,4-10H2,1-3H3. The summed E-state index contributed by atoms with van der Waals surface area (Å²) >= 11 is 0. The van der Waals surface area contributed by atoms with Gasteiger partial charge in [0.1, 0.15) is 0 Å². The lowest BCUT2D eigenvalue weighted by molar-refractivity contribution is 0.218. The van der Waals surface area contributed by atoms with Gasteiger partial charge in [0.15, 0.2) is 17.3 Å². The third-order valence-corrected chi connectivity index (χ3v) is 3.78. The average Bonchev–Trinajstić information content (AvgIpc) is 2.94. The lowest BCUT2D eigenvalue weighted by atomic mass is 10.1. The summed E-state index contributed by atoms with van der Waals surface area (Å²) in [4.78, 5) is 2.48. The van der Waals surface area contributed by atoms with Crippen LogP contribution < -0.4 is 9.47 Å². The van der Waals surface area contributed by atoms with E-state index in [2.05, 4.69) is 4.90 Å². The van der Waals surface area contributed by atoms with Gasteiger partial charge in [-0.2, -0.15) is 0 Å². The van der Waals surface area contributed by atoms with Crippen molar-refractivity contribution in [2.45, 2.75) is 45.6 Å². The molecule has 0 N–H and O–H groups in total. The fourth-order valence-corrected chi connectivity index (χ4v) is 2.78. The van der Waals surface area contributed by atoms with Crippen molar-refractivity contribution < 1.29 is 13.9 Å². The number of likely N-dealkylation sites (tertiary alicyclic amines) is 1. The van der Waals surface area contributed by atoms with Gasteiger partial charge >= 0.3 is 0 Å². The Bertz CT molecular complexity index is 456. The molecule has 1 aromatic carbocycles. The number of hydrogen-bond donors (Lipinski definition) is 0. The van der Waals surface area contributed by atoms with Crippen LogP contribution in [0.5, 0.6) is 11.5 Å². The zero-order valence-electron chi connectivity index (χ0n) is 13.3. The number of rotatable bonds is 7. The Morgan fingerprint density at radius 1 is 1.24 bits per heavy atom. The number of nitrogens with zero attached hydrogens (tertiary/aromatic N) is 1. The highest BCUT2D eigenvalue weighted by molar-refractivity contribution is 5.44. The molecule has 0 radical (unpaired) electrons. The molecule has 3 nitrogen and oxygen atoms in total. The Kier molecular flexibility index (Phi) is 5.85. The van der Waals surface area contributed by atoms with E-state index in [-0.39, 0.29) is 17.7 Å². The van der Waals surface area contributed by atoms with E-state index in [1.807, 2.05) is 19.9 Å². The van der Waals surface area contributed by atoms with Crippen LogP contribution in [-0.4, -0.2) is 37.7 Å². The number of halogens is 1. The number of benzene rings is 1. The second-order valence-electron chi connectivity index (χ2n) is 5.93. The van der Waals surface area contributed by atoms with E-state index in [0.717, 1.165) is 24.9 Å². The van der Waals surface area contributed by atoms with Crippen LogP contribution in [0.1, 0.15) is 38.7 Å². The van der Waals surface area contributed by atoms with E-state index in [0.29, 0.717) is 5.75 Å². The Labute approximate surface area is 127 Å². The van der Waals surface area contributed by atoms with Gasteiger partial charge < -0.3 is 14.4 Å². The van der Waals surface area contributed by atoms with Crippen molar-refractivity contribution >= 4 is 0 Å². The molecule has 0 unspecified atom stereocenters. The summed E-state index contributed by atoms with van der Waals surface area (Å²) in [5.74, 6) is 0.370. The molecule has 0 spiro atoms. The van der Waals surface area contributed by atoms with E-state index in [9.17, 15) is 4.39 Å². The zero-order chi connectivity index (χ0) is 15.2. The highest BCUT2D eigenvalue weighted by Gasteiger charge is 2.15. The predicted molar refractivity (Wildman–Crippen MR) is 82.7 cm³/mol. The molecule has 1 aliphatic rings. The molecule has 1 aliphatic heterocycles. The topological polar surface area (TPSA) is 21.7 Å². The van der Waals surface area contributed by atoms with Crippen LogP contribution in [-0.2, 0) is 6.42 Å². The van der Waals surface area contributed by atoms with E-state index < -0.39 is 0 Å². The number of aryl methyl sites for hydroxylation is 1. The number of methoxy groups -OCH3 is 1. The summed E-state index contributed by atoms with van der Waals surface area (Å²) in [7, 11) is 1.55. The van der Waals surface area contributed by atoms with Gasteiger partial charge in [-0.05, 0) is 76.9 Å². The van der Waals surface area contributed by atoms with Gasteiger partial charge in [-0.15, -0.1) is 0 Å². The van der Waals surface area contributed by atoms with Crippen molar-refractivity contribution in [1.82, 2.24) is 4.90 Å². The lowest BCUT2D eigenvalue weighted by Crippen LogP contribution is -2.20. The van der Waals surface area contributed by atoms with Crippen molar-refractivity contribution in [3.05, 3.63) is 23.5 Å². The van der Waals surface area contributed by atoms with Crippen LogP contribution >= 0.6 is 0 Å². The summed E-state index contributed by atoms with van der Waals surface area (Å²) < 4.78 is 24.9. The third kappa shape index (κ3) is 4.60. The highest BCUT2D eigenvalue weighted by Crippen LogP contribution is 2.33. The quantitative estimate of drug-likeness (QED) is 0.766. The molecular weight excluding hydrogens is 269 g/mol. The maximum atomic E-state index is 14.2. The normalized spacial score (nSPS) is 15.7. The van der Waals surface area contributed by atoms with Gasteiger partial charge in [-0.1, -0.05) is 0 Å². The van der Waals surface area contributed by atoms with Gasteiger partial charge in [0.2, 0.25) is 0 Å². The monoisotopic (exact) mass is 295 g/mol. The van der Waals surface area contributed by atoms with Gasteiger partial charge in [-0.3, -0.25) is 0 Å². The molecule has 2 rings (SSSR count). The predicted octanol–water partition coefficient (Wildman–Crippen LogP) is 3.65. The molecule has 0 amide bonds. The molecule has 4 heteroatoms. The van der Waals surface area contributed by atoms with E-state index in [4.69, 9.17) is 9.47 Å². The second-order valence-corrected chi connectivity index (χ2v) is 5.93. The van der Waals surface area contributed by atoms with E-state index in [1.165, 1.54) is 25.9 Å². The van der Waals surface area contributed by atoms with Crippen LogP contribution in [0, 0.1) is 5.82 Å². The molecule has 118 valence electrons. The largest absolute Gasteiger partial charge is 0.493 e. The third-order valence-electron chi connectivity index (χ3n) is 3.78. The van der Waals surface area contributed by atoms with Crippen molar-refractivity contribution in [2.24, 2.45) is 0 Å². The summed E-state index contributed by atoms with van der Waals surface area (Å²) in [5, 5.41) is 0. The van der Waals surface area contributed by atoms with E-state index in [1.54, 1.807) is 13.2 Å². The Balaban J connectivity index is 1.97. The minimum atomic E-state index is -0.334. The molecule has 0 aromatic heterocycles. The molecule has 21 heavy (non-hydrogen) atoms. The molecule has 1 aromatic rings. The molecule has 0 aliphatic carbocycles. The summed E-state index contributed by atoms with van der Waals surface area (Å²) in [6.07, 6.45) is 4.46. The zero-order valence-corrected chi connectivity index (χ0v) is 13.3. The van der Waals surface area contributed by atoms with Crippen molar-refractivity contribution in [1.29, 1.82) is 0 Å². The molecule has 0 atom stereocenters. The van der Waals surface area contributed by atoms with Crippen LogP contribution in [0.15, 0.2) is 12.1 Å². The Morgan fingerprint density at radius 2 is 1.95 bits per heavy atom. The smallest absolute Gasteiger partial charge is 0.197 e. The Morgan fingerprint density at radius 3 is 2.57 bits per heavy atom. The number of hydrogen-bond acceptors (Lipinski definition) is 3. The maximum absolute atomic E-state index is 14.2. The maximum Gasteiger partial charge on any atom is 0.197 e. The van der Waals surface area contributed by atoms with Gasteiger partial charge in [0.25, 0.3) is 0 Å². The molecular formula is C17H26FNO2.